The molecule has 1 unspecified atom stereocenters. The lowest BCUT2D eigenvalue weighted by molar-refractivity contribution is -0.260. The summed E-state index contributed by atoms with van der Waals surface area (Å²) in [6.45, 7) is -0.817. The third-order valence-corrected chi connectivity index (χ3v) is 3.04. The molecular weight excluding hydrogens is 307 g/mol. The summed E-state index contributed by atoms with van der Waals surface area (Å²) in [7, 11) is 0. The van der Waals surface area contributed by atoms with Crippen molar-refractivity contribution in [3.63, 3.8) is 0 Å². The topological polar surface area (TPSA) is 58.0 Å². The molecule has 0 aliphatic carbocycles. The zero-order chi connectivity index (χ0) is 15.5. The number of hydrogen-bond donors (Lipinski definition) is 2. The van der Waals surface area contributed by atoms with Crippen LogP contribution in [0, 0.1) is 0 Å². The van der Waals surface area contributed by atoms with Crippen LogP contribution < -0.4 is 5.32 Å². The number of benzene rings is 1. The normalized spacial score (nSPS) is 14.5. The summed E-state index contributed by atoms with van der Waals surface area (Å²) in [4.78, 5) is 7.45. The minimum absolute atomic E-state index is 0.0574. The molecule has 0 radical (unpaired) electrons. The van der Waals surface area contributed by atoms with Crippen molar-refractivity contribution in [1.82, 2.24) is 9.97 Å². The van der Waals surface area contributed by atoms with Gasteiger partial charge < -0.3 is 10.4 Å². The highest BCUT2D eigenvalue weighted by molar-refractivity contribution is 6.30. The van der Waals surface area contributed by atoms with E-state index >= 15 is 0 Å². The first kappa shape index (κ1) is 15.5. The molecule has 0 aliphatic rings. The second-order valence-electron chi connectivity index (χ2n) is 4.30. The molecule has 1 aromatic heterocycles. The van der Waals surface area contributed by atoms with E-state index in [4.69, 9.17) is 11.6 Å². The summed E-state index contributed by atoms with van der Waals surface area (Å²) in [5.41, 5.74) is -3.31. The zero-order valence-electron chi connectivity index (χ0n) is 10.6. The Morgan fingerprint density at radius 1 is 1.10 bits per heavy atom. The van der Waals surface area contributed by atoms with Gasteiger partial charge in [-0.3, -0.25) is 0 Å². The van der Waals surface area contributed by atoms with Crippen molar-refractivity contribution in [2.45, 2.75) is 11.8 Å². The summed E-state index contributed by atoms with van der Waals surface area (Å²) in [5, 5.41) is 12.7. The van der Waals surface area contributed by atoms with E-state index in [1.165, 1.54) is 36.7 Å². The van der Waals surface area contributed by atoms with Crippen molar-refractivity contribution in [3.05, 3.63) is 53.3 Å². The number of halogens is 4. The van der Waals surface area contributed by atoms with Gasteiger partial charge >= 0.3 is 6.18 Å². The monoisotopic (exact) mass is 317 g/mol. The molecule has 112 valence electrons. The van der Waals surface area contributed by atoms with Crippen LogP contribution >= 0.6 is 11.6 Å². The van der Waals surface area contributed by atoms with Gasteiger partial charge in [0.05, 0.1) is 24.0 Å². The molecule has 1 heterocycles. The van der Waals surface area contributed by atoms with E-state index in [1.54, 1.807) is 6.07 Å². The van der Waals surface area contributed by atoms with Crippen molar-refractivity contribution in [1.29, 1.82) is 0 Å². The van der Waals surface area contributed by atoms with E-state index in [-0.39, 0.29) is 16.5 Å². The van der Waals surface area contributed by atoms with E-state index < -0.39 is 18.3 Å². The van der Waals surface area contributed by atoms with Crippen molar-refractivity contribution < 1.29 is 18.3 Å². The number of alkyl halides is 3. The van der Waals surface area contributed by atoms with E-state index in [0.717, 1.165) is 0 Å². The molecule has 2 N–H and O–H groups in total. The minimum Gasteiger partial charge on any atom is -0.375 e. The molecule has 2 aromatic rings. The standard InChI is InChI=1S/C13H11ClF3N3O/c14-10-6-18-11(19-7-10)20-8-12(21,13(15,16)17)9-4-2-1-3-5-9/h1-7,21H,8H2,(H,18,19,20). The highest BCUT2D eigenvalue weighted by atomic mass is 35.5. The number of nitrogens with one attached hydrogen (secondary N) is 1. The van der Waals surface area contributed by atoms with Crippen LogP contribution in [0.2, 0.25) is 5.02 Å². The first-order valence-electron chi connectivity index (χ1n) is 5.89. The van der Waals surface area contributed by atoms with Gasteiger partial charge in [-0.1, -0.05) is 41.9 Å². The van der Waals surface area contributed by atoms with Gasteiger partial charge in [0.2, 0.25) is 11.5 Å². The van der Waals surface area contributed by atoms with Crippen molar-refractivity contribution in [3.8, 4) is 0 Å². The summed E-state index contributed by atoms with van der Waals surface area (Å²) >= 11 is 5.59. The first-order valence-corrected chi connectivity index (χ1v) is 6.27. The Morgan fingerprint density at radius 3 is 2.19 bits per heavy atom. The Morgan fingerprint density at radius 2 is 1.67 bits per heavy atom. The van der Waals surface area contributed by atoms with Crippen molar-refractivity contribution >= 4 is 17.5 Å². The lowest BCUT2D eigenvalue weighted by Gasteiger charge is -2.31. The molecule has 8 heteroatoms. The van der Waals surface area contributed by atoms with E-state index in [2.05, 4.69) is 15.3 Å². The van der Waals surface area contributed by atoms with Crippen LogP contribution in [0.5, 0.6) is 0 Å². The molecular formula is C13H11ClF3N3O. The predicted octanol–water partition coefficient (Wildman–Crippen LogP) is 2.99. The quantitative estimate of drug-likeness (QED) is 0.910. The number of aliphatic hydroxyl groups is 1. The Kier molecular flexibility index (Phi) is 4.34. The third kappa shape index (κ3) is 3.43. The van der Waals surface area contributed by atoms with Gasteiger partial charge in [0.15, 0.2) is 0 Å². The van der Waals surface area contributed by atoms with Crippen molar-refractivity contribution in [2.75, 3.05) is 11.9 Å². The van der Waals surface area contributed by atoms with Gasteiger partial charge in [0, 0.05) is 0 Å². The summed E-state index contributed by atoms with van der Waals surface area (Å²) in [6.07, 6.45) is -2.37. The summed E-state index contributed by atoms with van der Waals surface area (Å²) in [6, 6.07) is 6.82. The van der Waals surface area contributed by atoms with Gasteiger partial charge in [0.25, 0.3) is 0 Å². The van der Waals surface area contributed by atoms with Crippen LogP contribution in [0.15, 0.2) is 42.7 Å². The van der Waals surface area contributed by atoms with Crippen LogP contribution in [0.4, 0.5) is 19.1 Å². The minimum atomic E-state index is -4.85. The van der Waals surface area contributed by atoms with Gasteiger partial charge in [-0.2, -0.15) is 13.2 Å². The molecule has 0 spiro atoms. The first-order chi connectivity index (χ1) is 9.83. The fraction of sp³-hybridized carbons (Fsp3) is 0.231. The molecule has 0 saturated carbocycles. The van der Waals surface area contributed by atoms with Crippen LogP contribution in [0.1, 0.15) is 5.56 Å². The lowest BCUT2D eigenvalue weighted by Crippen LogP contribution is -2.47. The highest BCUT2D eigenvalue weighted by Gasteiger charge is 2.54. The van der Waals surface area contributed by atoms with Crippen molar-refractivity contribution in [2.24, 2.45) is 0 Å². The molecule has 0 aliphatic heterocycles. The van der Waals surface area contributed by atoms with Gasteiger partial charge in [-0.05, 0) is 5.56 Å². The lowest BCUT2D eigenvalue weighted by atomic mass is 9.93. The Labute approximate surface area is 123 Å². The fourth-order valence-corrected chi connectivity index (χ4v) is 1.79. The maximum Gasteiger partial charge on any atom is 0.423 e. The average Bonchev–Trinajstić information content (AvgIpc) is 2.46. The summed E-state index contributed by atoms with van der Waals surface area (Å²) < 4.78 is 39.6. The Balaban J connectivity index is 2.24. The highest BCUT2D eigenvalue weighted by Crippen LogP contribution is 2.38. The largest absolute Gasteiger partial charge is 0.423 e. The zero-order valence-corrected chi connectivity index (χ0v) is 11.4. The van der Waals surface area contributed by atoms with Crippen LogP contribution in [-0.4, -0.2) is 27.8 Å². The number of anilines is 1. The molecule has 0 amide bonds. The summed E-state index contributed by atoms with van der Waals surface area (Å²) in [5.74, 6) is -0.0574. The molecule has 0 saturated heterocycles. The number of aromatic nitrogens is 2. The third-order valence-electron chi connectivity index (χ3n) is 2.84. The van der Waals surface area contributed by atoms with Crippen LogP contribution in [-0.2, 0) is 5.60 Å². The number of hydrogen-bond acceptors (Lipinski definition) is 4. The second kappa shape index (κ2) is 5.87. The van der Waals surface area contributed by atoms with Gasteiger partial charge in [-0.25, -0.2) is 9.97 Å². The fourth-order valence-electron chi connectivity index (χ4n) is 1.69. The van der Waals surface area contributed by atoms with E-state index in [9.17, 15) is 18.3 Å². The van der Waals surface area contributed by atoms with Crippen LogP contribution in [0.25, 0.3) is 0 Å². The molecule has 2 rings (SSSR count). The SMILES string of the molecule is OC(CNc1ncc(Cl)cn1)(c1ccccc1)C(F)(F)F. The average molecular weight is 318 g/mol. The molecule has 0 fully saturated rings. The molecule has 1 aromatic carbocycles. The predicted molar refractivity (Wildman–Crippen MR) is 71.9 cm³/mol. The maximum atomic E-state index is 13.2. The molecule has 4 nitrogen and oxygen atoms in total. The molecule has 0 bridgehead atoms. The molecule has 1 atom stereocenters. The molecule has 21 heavy (non-hydrogen) atoms. The second-order valence-corrected chi connectivity index (χ2v) is 4.74. The van der Waals surface area contributed by atoms with E-state index in [0.29, 0.717) is 0 Å². The Hall–Kier alpha value is -1.86. The maximum absolute atomic E-state index is 13.2. The number of rotatable bonds is 4. The van der Waals surface area contributed by atoms with Gasteiger partial charge in [-0.15, -0.1) is 0 Å². The smallest absolute Gasteiger partial charge is 0.375 e. The number of nitrogens with zero attached hydrogens (tertiary/aromatic N) is 2. The van der Waals surface area contributed by atoms with Crippen LogP contribution in [0.3, 0.4) is 0 Å². The van der Waals surface area contributed by atoms with Gasteiger partial charge in [0.1, 0.15) is 0 Å². The Bertz CT molecular complexity index is 592. The van der Waals surface area contributed by atoms with E-state index in [1.807, 2.05) is 0 Å².